The van der Waals surface area contributed by atoms with E-state index in [0.29, 0.717) is 42.4 Å². The lowest BCUT2D eigenvalue weighted by molar-refractivity contribution is -0.140. The number of carbonyl (C=O) groups is 2. The highest BCUT2D eigenvalue weighted by Gasteiger charge is 2.45. The van der Waals surface area contributed by atoms with Gasteiger partial charge in [0.1, 0.15) is 17.3 Å². The summed E-state index contributed by atoms with van der Waals surface area (Å²) >= 11 is 0. The van der Waals surface area contributed by atoms with Crippen molar-refractivity contribution in [2.45, 2.75) is 46.3 Å². The van der Waals surface area contributed by atoms with Crippen LogP contribution in [0.2, 0.25) is 0 Å². The van der Waals surface area contributed by atoms with Gasteiger partial charge in [-0.05, 0) is 56.0 Å². The molecule has 7 heteroatoms. The van der Waals surface area contributed by atoms with E-state index >= 15 is 0 Å². The van der Waals surface area contributed by atoms with Crippen molar-refractivity contribution in [1.29, 1.82) is 0 Å². The molecule has 1 unspecified atom stereocenters. The summed E-state index contributed by atoms with van der Waals surface area (Å²) in [6, 6.07) is 11.6. The SMILES string of the molecule is CC(C)COc1cccc(/C(O)=C2/C(=O)C(=O)N(CCCOC(C)C)C2c2ccc(F)cc2)c1. The molecule has 0 saturated carbocycles. The average Bonchev–Trinajstić information content (AvgIpc) is 3.05. The maximum absolute atomic E-state index is 13.6. The molecule has 1 atom stereocenters. The molecule has 0 radical (unpaired) electrons. The second kappa shape index (κ2) is 11.3. The van der Waals surface area contributed by atoms with Crippen molar-refractivity contribution in [1.82, 2.24) is 4.90 Å². The predicted molar refractivity (Wildman–Crippen MR) is 128 cm³/mol. The molecule has 1 saturated heterocycles. The second-order valence-electron chi connectivity index (χ2n) is 9.05. The maximum atomic E-state index is 13.6. The van der Waals surface area contributed by atoms with Gasteiger partial charge < -0.3 is 19.5 Å². The van der Waals surface area contributed by atoms with E-state index in [0.717, 1.165) is 0 Å². The Balaban J connectivity index is 2.00. The Hall–Kier alpha value is -3.19. The number of benzene rings is 2. The fourth-order valence-corrected chi connectivity index (χ4v) is 3.81. The van der Waals surface area contributed by atoms with E-state index in [2.05, 4.69) is 0 Å². The molecule has 1 amide bonds. The van der Waals surface area contributed by atoms with E-state index in [1.54, 1.807) is 24.3 Å². The Labute approximate surface area is 200 Å². The number of Topliss-reactive ketones (excluding diaryl/α,β-unsaturated/α-hetero) is 1. The third-order valence-electron chi connectivity index (χ3n) is 5.41. The van der Waals surface area contributed by atoms with Gasteiger partial charge in [0.25, 0.3) is 11.7 Å². The van der Waals surface area contributed by atoms with Crippen LogP contribution in [-0.2, 0) is 14.3 Å². The highest BCUT2D eigenvalue weighted by Crippen LogP contribution is 2.39. The molecule has 1 aliphatic heterocycles. The van der Waals surface area contributed by atoms with Crippen LogP contribution in [-0.4, -0.2) is 47.6 Å². The van der Waals surface area contributed by atoms with Crippen molar-refractivity contribution in [3.8, 4) is 5.75 Å². The quantitative estimate of drug-likeness (QED) is 0.227. The second-order valence-corrected chi connectivity index (χ2v) is 9.05. The topological polar surface area (TPSA) is 76.1 Å². The summed E-state index contributed by atoms with van der Waals surface area (Å²) in [5.74, 6) is -1.32. The van der Waals surface area contributed by atoms with E-state index < -0.39 is 23.5 Å². The zero-order chi connectivity index (χ0) is 24.8. The summed E-state index contributed by atoms with van der Waals surface area (Å²) in [5, 5.41) is 11.2. The number of aliphatic hydroxyl groups excluding tert-OH is 1. The first kappa shape index (κ1) is 25.4. The first-order valence-corrected chi connectivity index (χ1v) is 11.6. The Morgan fingerprint density at radius 3 is 2.44 bits per heavy atom. The molecule has 1 fully saturated rings. The fraction of sp³-hybridized carbons (Fsp3) is 0.407. The number of carbonyl (C=O) groups excluding carboxylic acids is 2. The molecule has 0 bridgehead atoms. The smallest absolute Gasteiger partial charge is 0.295 e. The van der Waals surface area contributed by atoms with Crippen LogP contribution in [0.1, 0.15) is 51.3 Å². The molecule has 2 aromatic carbocycles. The summed E-state index contributed by atoms with van der Waals surface area (Å²) in [6.07, 6.45) is 0.565. The van der Waals surface area contributed by atoms with Crippen LogP contribution in [0, 0.1) is 11.7 Å². The molecule has 0 spiro atoms. The lowest BCUT2D eigenvalue weighted by atomic mass is 9.95. The summed E-state index contributed by atoms with van der Waals surface area (Å²) < 4.78 is 24.9. The van der Waals surface area contributed by atoms with Crippen LogP contribution in [0.15, 0.2) is 54.1 Å². The van der Waals surface area contributed by atoms with Gasteiger partial charge in [0, 0.05) is 18.7 Å². The first-order chi connectivity index (χ1) is 16.2. The average molecular weight is 470 g/mol. The van der Waals surface area contributed by atoms with Crippen molar-refractivity contribution in [3.63, 3.8) is 0 Å². The summed E-state index contributed by atoms with van der Waals surface area (Å²) in [7, 11) is 0. The van der Waals surface area contributed by atoms with Crippen LogP contribution in [0.5, 0.6) is 5.75 Å². The van der Waals surface area contributed by atoms with Gasteiger partial charge in [-0.2, -0.15) is 0 Å². The third kappa shape index (κ3) is 6.03. The molecule has 1 heterocycles. The van der Waals surface area contributed by atoms with E-state index in [9.17, 15) is 19.1 Å². The number of nitrogens with zero attached hydrogens (tertiary/aromatic N) is 1. The highest BCUT2D eigenvalue weighted by atomic mass is 19.1. The van der Waals surface area contributed by atoms with Crippen LogP contribution >= 0.6 is 0 Å². The number of ether oxygens (including phenoxy) is 2. The molecule has 2 aromatic rings. The number of rotatable bonds is 10. The van der Waals surface area contributed by atoms with Crippen LogP contribution in [0.4, 0.5) is 4.39 Å². The molecular weight excluding hydrogens is 437 g/mol. The Morgan fingerprint density at radius 2 is 1.79 bits per heavy atom. The largest absolute Gasteiger partial charge is 0.507 e. The monoisotopic (exact) mass is 469 g/mol. The zero-order valence-corrected chi connectivity index (χ0v) is 20.1. The number of halogens is 1. The normalized spacial score (nSPS) is 17.7. The highest BCUT2D eigenvalue weighted by molar-refractivity contribution is 6.46. The van der Waals surface area contributed by atoms with Gasteiger partial charge in [-0.1, -0.05) is 38.1 Å². The van der Waals surface area contributed by atoms with E-state index in [1.807, 2.05) is 27.7 Å². The Bertz CT molecular complexity index is 1050. The number of hydrogen-bond acceptors (Lipinski definition) is 5. The lowest BCUT2D eigenvalue weighted by Gasteiger charge is -2.25. The summed E-state index contributed by atoms with van der Waals surface area (Å²) in [4.78, 5) is 27.5. The van der Waals surface area contributed by atoms with Crippen LogP contribution < -0.4 is 4.74 Å². The van der Waals surface area contributed by atoms with Crippen molar-refractivity contribution in [2.24, 2.45) is 5.92 Å². The molecular formula is C27H32FNO5. The van der Waals surface area contributed by atoms with E-state index in [-0.39, 0.29) is 24.0 Å². The molecule has 34 heavy (non-hydrogen) atoms. The standard InChI is InChI=1S/C27H32FNO5/c1-17(2)16-34-22-8-5-7-20(15-22)25(30)23-24(19-9-11-21(28)12-10-19)29(27(32)26(23)31)13-6-14-33-18(3)4/h5,7-12,15,17-18,24,30H,6,13-14,16H2,1-4H3/b25-23-. The minimum absolute atomic E-state index is 0.0256. The van der Waals surface area contributed by atoms with Gasteiger partial charge in [-0.15, -0.1) is 0 Å². The molecule has 0 aliphatic carbocycles. The number of aliphatic hydroxyl groups is 1. The van der Waals surface area contributed by atoms with Crippen molar-refractivity contribution < 1.29 is 28.6 Å². The third-order valence-corrected chi connectivity index (χ3v) is 5.41. The molecule has 0 aromatic heterocycles. The van der Waals surface area contributed by atoms with Crippen LogP contribution in [0.25, 0.3) is 5.76 Å². The zero-order valence-electron chi connectivity index (χ0n) is 20.1. The van der Waals surface area contributed by atoms with Gasteiger partial charge in [-0.3, -0.25) is 9.59 Å². The van der Waals surface area contributed by atoms with Gasteiger partial charge >= 0.3 is 0 Å². The predicted octanol–water partition coefficient (Wildman–Crippen LogP) is 5.10. The van der Waals surface area contributed by atoms with Crippen LogP contribution in [0.3, 0.4) is 0 Å². The first-order valence-electron chi connectivity index (χ1n) is 11.6. The Morgan fingerprint density at radius 1 is 1.09 bits per heavy atom. The minimum Gasteiger partial charge on any atom is -0.507 e. The lowest BCUT2D eigenvalue weighted by Crippen LogP contribution is -2.31. The van der Waals surface area contributed by atoms with Gasteiger partial charge in [0.15, 0.2) is 0 Å². The summed E-state index contributed by atoms with van der Waals surface area (Å²) in [5.41, 5.74) is 0.885. The number of amides is 1. The van der Waals surface area contributed by atoms with Crippen molar-refractivity contribution in [2.75, 3.05) is 19.8 Å². The minimum atomic E-state index is -0.833. The fourth-order valence-electron chi connectivity index (χ4n) is 3.81. The van der Waals surface area contributed by atoms with E-state index in [4.69, 9.17) is 9.47 Å². The Kier molecular flexibility index (Phi) is 8.45. The maximum Gasteiger partial charge on any atom is 0.295 e. The number of ketones is 1. The van der Waals surface area contributed by atoms with Gasteiger partial charge in [0.2, 0.25) is 0 Å². The number of likely N-dealkylation sites (tertiary alicyclic amines) is 1. The van der Waals surface area contributed by atoms with Gasteiger partial charge in [0.05, 0.1) is 24.3 Å². The van der Waals surface area contributed by atoms with Gasteiger partial charge in [-0.25, -0.2) is 4.39 Å². The molecule has 6 nitrogen and oxygen atoms in total. The molecule has 3 rings (SSSR count). The molecule has 1 N–H and O–H groups in total. The van der Waals surface area contributed by atoms with Crippen molar-refractivity contribution in [3.05, 3.63) is 71.0 Å². The van der Waals surface area contributed by atoms with E-state index in [1.165, 1.54) is 29.2 Å². The molecule has 182 valence electrons. The number of hydrogen-bond donors (Lipinski definition) is 1. The molecule has 1 aliphatic rings. The van der Waals surface area contributed by atoms with Crippen molar-refractivity contribution >= 4 is 17.4 Å². The summed E-state index contributed by atoms with van der Waals surface area (Å²) in [6.45, 7) is 9.08.